The van der Waals surface area contributed by atoms with Gasteiger partial charge in [-0.15, -0.1) is 0 Å². The van der Waals surface area contributed by atoms with Crippen molar-refractivity contribution in [3.8, 4) is 0 Å². The Balaban J connectivity index is 2.59. The number of ether oxygens (including phenoxy) is 2. The summed E-state index contributed by atoms with van der Waals surface area (Å²) in [4.78, 5) is 2.26. The van der Waals surface area contributed by atoms with Crippen molar-refractivity contribution in [2.75, 3.05) is 52.0 Å². The minimum Gasteiger partial charge on any atom is -0.397 e. The van der Waals surface area contributed by atoms with Gasteiger partial charge in [-0.05, 0) is 17.7 Å². The fourth-order valence-corrected chi connectivity index (χ4v) is 1.69. The lowest BCUT2D eigenvalue weighted by molar-refractivity contribution is 0.110. The first-order valence-corrected chi connectivity index (χ1v) is 6.01. The smallest absolute Gasteiger partial charge is 0.0589 e. The zero-order valence-corrected chi connectivity index (χ0v) is 11.2. The van der Waals surface area contributed by atoms with Gasteiger partial charge in [-0.3, -0.25) is 4.90 Å². The van der Waals surface area contributed by atoms with Gasteiger partial charge in [-0.1, -0.05) is 6.07 Å². The number of nitrogens with two attached hydrogens (primary N) is 2. The minimum atomic E-state index is 0.624. The summed E-state index contributed by atoms with van der Waals surface area (Å²) in [5.74, 6) is 0. The van der Waals surface area contributed by atoms with Gasteiger partial charge in [-0.2, -0.15) is 0 Å². The number of benzene rings is 1. The Morgan fingerprint density at radius 3 is 2.11 bits per heavy atom. The molecule has 0 atom stereocenters. The van der Waals surface area contributed by atoms with E-state index in [-0.39, 0.29) is 0 Å². The van der Waals surface area contributed by atoms with Crippen LogP contribution in [0, 0.1) is 0 Å². The molecule has 0 saturated heterocycles. The molecule has 0 aliphatic heterocycles. The van der Waals surface area contributed by atoms with Crippen molar-refractivity contribution < 1.29 is 9.47 Å². The first-order valence-electron chi connectivity index (χ1n) is 6.01. The fraction of sp³-hybridized carbons (Fsp3) is 0.538. The van der Waals surface area contributed by atoms with E-state index in [4.69, 9.17) is 20.9 Å². The van der Waals surface area contributed by atoms with Gasteiger partial charge in [0.05, 0.1) is 24.6 Å². The Morgan fingerprint density at radius 1 is 1.00 bits per heavy atom. The van der Waals surface area contributed by atoms with E-state index in [1.807, 2.05) is 18.2 Å². The summed E-state index contributed by atoms with van der Waals surface area (Å²) < 4.78 is 10.2. The van der Waals surface area contributed by atoms with Gasteiger partial charge in [0.1, 0.15) is 0 Å². The van der Waals surface area contributed by atoms with Crippen LogP contribution < -0.4 is 11.5 Å². The molecule has 5 nitrogen and oxygen atoms in total. The number of hydrogen-bond donors (Lipinski definition) is 2. The summed E-state index contributed by atoms with van der Waals surface area (Å²) in [5.41, 5.74) is 13.9. The summed E-state index contributed by atoms with van der Waals surface area (Å²) in [7, 11) is 3.41. The Bertz CT molecular complexity index is 350. The van der Waals surface area contributed by atoms with E-state index in [1.165, 1.54) is 0 Å². The first-order chi connectivity index (χ1) is 8.67. The molecule has 102 valence electrons. The number of nitrogen functional groups attached to an aromatic ring is 2. The second-order valence-corrected chi connectivity index (χ2v) is 4.23. The lowest BCUT2D eigenvalue weighted by atomic mass is 10.1. The molecule has 0 aliphatic rings. The standard InChI is InChI=1S/C13H23N3O2/c1-17-7-5-16(6-8-18-2)10-11-3-4-12(14)13(15)9-11/h3-4,9H,5-8,10,14-15H2,1-2H3. The van der Waals surface area contributed by atoms with Crippen LogP contribution in [0.25, 0.3) is 0 Å². The maximum atomic E-state index is 5.80. The number of anilines is 2. The highest BCUT2D eigenvalue weighted by molar-refractivity contribution is 5.63. The summed E-state index contributed by atoms with van der Waals surface area (Å²) in [6.45, 7) is 3.95. The third-order valence-electron chi connectivity index (χ3n) is 2.78. The maximum absolute atomic E-state index is 5.80. The molecule has 0 heterocycles. The number of hydrogen-bond acceptors (Lipinski definition) is 5. The summed E-state index contributed by atoms with van der Waals surface area (Å²) >= 11 is 0. The minimum absolute atomic E-state index is 0.624. The van der Waals surface area contributed by atoms with Crippen LogP contribution in [-0.4, -0.2) is 45.4 Å². The third kappa shape index (κ3) is 4.91. The van der Waals surface area contributed by atoms with Crippen LogP contribution in [0.5, 0.6) is 0 Å². The van der Waals surface area contributed by atoms with Crippen LogP contribution >= 0.6 is 0 Å². The third-order valence-corrected chi connectivity index (χ3v) is 2.78. The molecule has 0 aromatic heterocycles. The van der Waals surface area contributed by atoms with Gasteiger partial charge in [0.2, 0.25) is 0 Å². The molecular weight excluding hydrogens is 230 g/mol. The van der Waals surface area contributed by atoms with Crippen molar-refractivity contribution in [2.45, 2.75) is 6.54 Å². The Morgan fingerprint density at radius 2 is 1.61 bits per heavy atom. The molecule has 1 aromatic rings. The normalized spacial score (nSPS) is 11.1. The highest BCUT2D eigenvalue weighted by Gasteiger charge is 2.06. The van der Waals surface area contributed by atoms with Crippen LogP contribution in [0.1, 0.15) is 5.56 Å². The summed E-state index contributed by atoms with van der Waals surface area (Å²) in [5, 5.41) is 0. The van der Waals surface area contributed by atoms with Gasteiger partial charge < -0.3 is 20.9 Å². The Labute approximate surface area is 109 Å². The van der Waals surface area contributed by atoms with Gasteiger partial charge in [-0.25, -0.2) is 0 Å². The van der Waals surface area contributed by atoms with Crippen LogP contribution in [0.15, 0.2) is 18.2 Å². The highest BCUT2D eigenvalue weighted by Crippen LogP contribution is 2.17. The summed E-state index contributed by atoms with van der Waals surface area (Å²) in [6.07, 6.45) is 0. The fourth-order valence-electron chi connectivity index (χ4n) is 1.69. The van der Waals surface area contributed by atoms with Crippen molar-refractivity contribution >= 4 is 11.4 Å². The van der Waals surface area contributed by atoms with Crippen LogP contribution in [0.2, 0.25) is 0 Å². The van der Waals surface area contributed by atoms with Gasteiger partial charge in [0, 0.05) is 33.9 Å². The number of methoxy groups -OCH3 is 2. The molecule has 1 aromatic carbocycles. The molecule has 0 aliphatic carbocycles. The van der Waals surface area contributed by atoms with Crippen molar-refractivity contribution in [3.63, 3.8) is 0 Å². The van der Waals surface area contributed by atoms with Gasteiger partial charge in [0.25, 0.3) is 0 Å². The molecule has 0 spiro atoms. The molecule has 18 heavy (non-hydrogen) atoms. The molecule has 0 amide bonds. The van der Waals surface area contributed by atoms with E-state index in [0.29, 0.717) is 24.6 Å². The molecule has 0 radical (unpaired) electrons. The lowest BCUT2D eigenvalue weighted by Crippen LogP contribution is -2.30. The van der Waals surface area contributed by atoms with Crippen molar-refractivity contribution in [1.29, 1.82) is 0 Å². The Hall–Kier alpha value is -1.30. The average molecular weight is 253 g/mol. The zero-order valence-electron chi connectivity index (χ0n) is 11.2. The van der Waals surface area contributed by atoms with Crippen LogP contribution in [-0.2, 0) is 16.0 Å². The molecule has 1 rings (SSSR count). The quantitative estimate of drug-likeness (QED) is 0.675. The van der Waals surface area contributed by atoms with Crippen LogP contribution in [0.3, 0.4) is 0 Å². The molecule has 4 N–H and O–H groups in total. The second kappa shape index (κ2) is 7.92. The number of rotatable bonds is 8. The van der Waals surface area contributed by atoms with E-state index in [0.717, 1.165) is 25.2 Å². The zero-order chi connectivity index (χ0) is 13.4. The monoisotopic (exact) mass is 253 g/mol. The Kier molecular flexibility index (Phi) is 6.49. The highest BCUT2D eigenvalue weighted by atomic mass is 16.5. The van der Waals surface area contributed by atoms with Gasteiger partial charge >= 0.3 is 0 Å². The predicted octanol–water partition coefficient (Wildman–Crippen LogP) is 0.946. The molecule has 0 fully saturated rings. The number of nitrogens with zero attached hydrogens (tertiary/aromatic N) is 1. The second-order valence-electron chi connectivity index (χ2n) is 4.23. The maximum Gasteiger partial charge on any atom is 0.0589 e. The van der Waals surface area contributed by atoms with E-state index >= 15 is 0 Å². The van der Waals surface area contributed by atoms with E-state index in [9.17, 15) is 0 Å². The van der Waals surface area contributed by atoms with E-state index < -0.39 is 0 Å². The molecular formula is C13H23N3O2. The molecule has 0 saturated carbocycles. The van der Waals surface area contributed by atoms with E-state index in [2.05, 4.69) is 4.90 Å². The molecule has 0 unspecified atom stereocenters. The largest absolute Gasteiger partial charge is 0.397 e. The van der Waals surface area contributed by atoms with Crippen molar-refractivity contribution in [3.05, 3.63) is 23.8 Å². The average Bonchev–Trinajstić information content (AvgIpc) is 2.37. The predicted molar refractivity (Wildman–Crippen MR) is 74.3 cm³/mol. The molecule has 5 heteroatoms. The van der Waals surface area contributed by atoms with Crippen molar-refractivity contribution in [1.82, 2.24) is 4.90 Å². The topological polar surface area (TPSA) is 73.7 Å². The van der Waals surface area contributed by atoms with Crippen LogP contribution in [0.4, 0.5) is 11.4 Å². The van der Waals surface area contributed by atoms with Gasteiger partial charge in [0.15, 0.2) is 0 Å². The van der Waals surface area contributed by atoms with Crippen molar-refractivity contribution in [2.24, 2.45) is 0 Å². The lowest BCUT2D eigenvalue weighted by Gasteiger charge is -2.22. The summed E-state index contributed by atoms with van der Waals surface area (Å²) in [6, 6.07) is 5.76. The first kappa shape index (κ1) is 14.8. The van der Waals surface area contributed by atoms with E-state index in [1.54, 1.807) is 14.2 Å². The SMILES string of the molecule is COCCN(CCOC)Cc1ccc(N)c(N)c1. The molecule has 0 bridgehead atoms.